The fraction of sp³-hybridized carbons (Fsp3) is 1.00. The van der Waals surface area contributed by atoms with Gasteiger partial charge in [0.25, 0.3) is 0 Å². The second-order valence-corrected chi connectivity index (χ2v) is 4.36. The summed E-state index contributed by atoms with van der Waals surface area (Å²) >= 11 is 0. The molecule has 0 aromatic heterocycles. The van der Waals surface area contributed by atoms with E-state index in [0.29, 0.717) is 6.54 Å². The highest BCUT2D eigenvalue weighted by Gasteiger charge is 2.36. The Kier molecular flexibility index (Phi) is 6.28. The maximum absolute atomic E-state index is 5.96. The SMILES string of the molecule is CCOCCN(CC)C1(CN)CCCOC1. The van der Waals surface area contributed by atoms with Crippen molar-refractivity contribution in [3.05, 3.63) is 0 Å². The Hall–Kier alpha value is -0.160. The third kappa shape index (κ3) is 3.42. The Bertz CT molecular complexity index is 182. The van der Waals surface area contributed by atoms with E-state index in [9.17, 15) is 0 Å². The Labute approximate surface area is 99.1 Å². The molecular weight excluding hydrogens is 204 g/mol. The van der Waals surface area contributed by atoms with Crippen molar-refractivity contribution in [2.75, 3.05) is 46.1 Å². The van der Waals surface area contributed by atoms with E-state index >= 15 is 0 Å². The van der Waals surface area contributed by atoms with Crippen LogP contribution in [0.3, 0.4) is 0 Å². The first-order valence-electron chi connectivity index (χ1n) is 6.39. The normalized spacial score (nSPS) is 26.2. The van der Waals surface area contributed by atoms with Crippen molar-refractivity contribution in [2.24, 2.45) is 5.73 Å². The Balaban J connectivity index is 2.51. The molecule has 1 atom stereocenters. The van der Waals surface area contributed by atoms with Crippen molar-refractivity contribution in [1.82, 2.24) is 4.90 Å². The minimum absolute atomic E-state index is 0.0457. The molecule has 1 saturated heterocycles. The molecular formula is C12H26N2O2. The van der Waals surface area contributed by atoms with E-state index in [4.69, 9.17) is 15.2 Å². The molecule has 4 heteroatoms. The van der Waals surface area contributed by atoms with Gasteiger partial charge in [-0.1, -0.05) is 6.92 Å². The second kappa shape index (κ2) is 7.22. The summed E-state index contributed by atoms with van der Waals surface area (Å²) in [5, 5.41) is 0. The van der Waals surface area contributed by atoms with Crippen LogP contribution in [0.5, 0.6) is 0 Å². The molecule has 1 fully saturated rings. The van der Waals surface area contributed by atoms with Crippen molar-refractivity contribution in [3.8, 4) is 0 Å². The van der Waals surface area contributed by atoms with Crippen molar-refractivity contribution in [3.63, 3.8) is 0 Å². The average molecular weight is 230 g/mol. The van der Waals surface area contributed by atoms with Gasteiger partial charge in [-0.3, -0.25) is 4.90 Å². The van der Waals surface area contributed by atoms with Crippen LogP contribution in [-0.2, 0) is 9.47 Å². The zero-order valence-electron chi connectivity index (χ0n) is 10.7. The van der Waals surface area contributed by atoms with Crippen LogP contribution in [0.4, 0.5) is 0 Å². The standard InChI is InChI=1S/C12H26N2O2/c1-3-14(7-9-15-4-2)12(10-13)6-5-8-16-11-12/h3-11,13H2,1-2H3. The number of ether oxygens (including phenoxy) is 2. The summed E-state index contributed by atoms with van der Waals surface area (Å²) in [4.78, 5) is 2.42. The first kappa shape index (κ1) is 13.9. The van der Waals surface area contributed by atoms with Crippen molar-refractivity contribution in [1.29, 1.82) is 0 Å². The molecule has 2 N–H and O–H groups in total. The molecule has 0 aromatic carbocycles. The molecule has 0 aliphatic carbocycles. The molecule has 1 heterocycles. The molecule has 0 radical (unpaired) electrons. The van der Waals surface area contributed by atoms with Crippen LogP contribution >= 0.6 is 0 Å². The highest BCUT2D eigenvalue weighted by Crippen LogP contribution is 2.25. The van der Waals surface area contributed by atoms with E-state index in [-0.39, 0.29) is 5.54 Å². The van der Waals surface area contributed by atoms with Crippen LogP contribution < -0.4 is 5.73 Å². The van der Waals surface area contributed by atoms with Crippen LogP contribution in [-0.4, -0.2) is 56.5 Å². The highest BCUT2D eigenvalue weighted by molar-refractivity contribution is 4.93. The van der Waals surface area contributed by atoms with Crippen LogP contribution in [0.15, 0.2) is 0 Å². The predicted octanol–water partition coefficient (Wildman–Crippen LogP) is 0.853. The van der Waals surface area contributed by atoms with Crippen molar-refractivity contribution < 1.29 is 9.47 Å². The molecule has 4 nitrogen and oxygen atoms in total. The molecule has 1 aliphatic rings. The summed E-state index contributed by atoms with van der Waals surface area (Å²) in [6, 6.07) is 0. The lowest BCUT2D eigenvalue weighted by atomic mass is 9.90. The van der Waals surface area contributed by atoms with Gasteiger partial charge in [-0.2, -0.15) is 0 Å². The quantitative estimate of drug-likeness (QED) is 0.659. The zero-order valence-corrected chi connectivity index (χ0v) is 10.7. The third-order valence-corrected chi connectivity index (χ3v) is 3.44. The van der Waals surface area contributed by atoms with Crippen LogP contribution in [0.25, 0.3) is 0 Å². The van der Waals surface area contributed by atoms with Crippen LogP contribution in [0, 0.1) is 0 Å². The topological polar surface area (TPSA) is 47.7 Å². The smallest absolute Gasteiger partial charge is 0.0662 e. The van der Waals surface area contributed by atoms with Crippen LogP contribution in [0.2, 0.25) is 0 Å². The molecule has 0 spiro atoms. The lowest BCUT2D eigenvalue weighted by molar-refractivity contribution is -0.0512. The Morgan fingerprint density at radius 1 is 1.44 bits per heavy atom. The van der Waals surface area contributed by atoms with Gasteiger partial charge in [0.05, 0.1) is 18.8 Å². The van der Waals surface area contributed by atoms with E-state index in [1.807, 2.05) is 6.92 Å². The molecule has 1 aliphatic heterocycles. The largest absolute Gasteiger partial charge is 0.380 e. The third-order valence-electron chi connectivity index (χ3n) is 3.44. The summed E-state index contributed by atoms with van der Waals surface area (Å²) in [6.45, 7) is 10.0. The fourth-order valence-corrected chi connectivity index (χ4v) is 2.43. The lowest BCUT2D eigenvalue weighted by Crippen LogP contribution is -2.59. The van der Waals surface area contributed by atoms with Gasteiger partial charge in [0.2, 0.25) is 0 Å². The molecule has 16 heavy (non-hydrogen) atoms. The monoisotopic (exact) mass is 230 g/mol. The maximum Gasteiger partial charge on any atom is 0.0662 e. The Morgan fingerprint density at radius 3 is 2.75 bits per heavy atom. The number of hydrogen-bond donors (Lipinski definition) is 1. The fourth-order valence-electron chi connectivity index (χ4n) is 2.43. The lowest BCUT2D eigenvalue weighted by Gasteiger charge is -2.45. The molecule has 0 saturated carbocycles. The van der Waals surface area contributed by atoms with E-state index < -0.39 is 0 Å². The number of nitrogens with zero attached hydrogens (tertiary/aromatic N) is 1. The van der Waals surface area contributed by atoms with Gasteiger partial charge >= 0.3 is 0 Å². The minimum atomic E-state index is 0.0457. The first-order valence-corrected chi connectivity index (χ1v) is 6.39. The summed E-state index contributed by atoms with van der Waals surface area (Å²) in [7, 11) is 0. The molecule has 1 unspecified atom stereocenters. The summed E-state index contributed by atoms with van der Waals surface area (Å²) in [6.07, 6.45) is 2.26. The van der Waals surface area contributed by atoms with E-state index in [2.05, 4.69) is 11.8 Å². The van der Waals surface area contributed by atoms with Crippen LogP contribution in [0.1, 0.15) is 26.7 Å². The summed E-state index contributed by atoms with van der Waals surface area (Å²) < 4.78 is 11.0. The molecule has 96 valence electrons. The van der Waals surface area contributed by atoms with Gasteiger partial charge in [-0.25, -0.2) is 0 Å². The highest BCUT2D eigenvalue weighted by atomic mass is 16.5. The number of nitrogens with two attached hydrogens (primary N) is 1. The zero-order chi connectivity index (χ0) is 11.9. The number of hydrogen-bond acceptors (Lipinski definition) is 4. The molecule has 0 aromatic rings. The number of rotatable bonds is 7. The van der Waals surface area contributed by atoms with E-state index in [0.717, 1.165) is 52.4 Å². The van der Waals surface area contributed by atoms with Gasteiger partial charge in [0.1, 0.15) is 0 Å². The molecule has 0 bridgehead atoms. The van der Waals surface area contributed by atoms with Gasteiger partial charge in [0.15, 0.2) is 0 Å². The van der Waals surface area contributed by atoms with E-state index in [1.165, 1.54) is 0 Å². The van der Waals surface area contributed by atoms with Crippen molar-refractivity contribution in [2.45, 2.75) is 32.2 Å². The van der Waals surface area contributed by atoms with Gasteiger partial charge in [-0.15, -0.1) is 0 Å². The molecule has 0 amide bonds. The summed E-state index contributed by atoms with van der Waals surface area (Å²) in [5.74, 6) is 0. The summed E-state index contributed by atoms with van der Waals surface area (Å²) in [5.41, 5.74) is 6.00. The van der Waals surface area contributed by atoms with Gasteiger partial charge in [-0.05, 0) is 26.3 Å². The van der Waals surface area contributed by atoms with Gasteiger partial charge < -0.3 is 15.2 Å². The number of likely N-dealkylation sites (N-methyl/N-ethyl adjacent to an activating group) is 1. The predicted molar refractivity (Wildman–Crippen MR) is 65.6 cm³/mol. The first-order chi connectivity index (χ1) is 7.79. The molecule has 1 rings (SSSR count). The maximum atomic E-state index is 5.96. The van der Waals surface area contributed by atoms with Crippen molar-refractivity contribution >= 4 is 0 Å². The second-order valence-electron chi connectivity index (χ2n) is 4.36. The average Bonchev–Trinajstić information content (AvgIpc) is 2.35. The Morgan fingerprint density at radius 2 is 2.25 bits per heavy atom. The minimum Gasteiger partial charge on any atom is -0.380 e. The van der Waals surface area contributed by atoms with Gasteiger partial charge in [0, 0.05) is 26.3 Å². The van der Waals surface area contributed by atoms with E-state index in [1.54, 1.807) is 0 Å².